The molecule has 0 heterocycles. The highest BCUT2D eigenvalue weighted by Gasteiger charge is 1.86. The second-order valence-corrected chi connectivity index (χ2v) is 1.79. The molecule has 0 aliphatic heterocycles. The van der Waals surface area contributed by atoms with Crippen molar-refractivity contribution in [2.24, 2.45) is 0 Å². The third-order valence-corrected chi connectivity index (χ3v) is 1.12. The SMILES string of the molecule is C.CC.Cc1ccccc1O. The second-order valence-electron chi connectivity index (χ2n) is 1.79. The van der Waals surface area contributed by atoms with Gasteiger partial charge in [-0.25, -0.2) is 0 Å². The van der Waals surface area contributed by atoms with Crippen LogP contribution in [-0.2, 0) is 0 Å². The molecule has 64 valence electrons. The quantitative estimate of drug-likeness (QED) is 0.607. The minimum atomic E-state index is 0. The van der Waals surface area contributed by atoms with Crippen molar-refractivity contribution < 1.29 is 5.11 Å². The third-order valence-electron chi connectivity index (χ3n) is 1.12. The van der Waals surface area contributed by atoms with E-state index in [1.807, 2.05) is 39.0 Å². The minimum absolute atomic E-state index is 0. The molecule has 0 aliphatic carbocycles. The van der Waals surface area contributed by atoms with Gasteiger partial charge in [-0.15, -0.1) is 0 Å². The van der Waals surface area contributed by atoms with Gasteiger partial charge in [0.1, 0.15) is 5.75 Å². The number of phenolic OH excluding ortho intramolecular Hbond substituents is 1. The van der Waals surface area contributed by atoms with Crippen LogP contribution in [0.15, 0.2) is 24.3 Å². The molecule has 1 rings (SSSR count). The van der Waals surface area contributed by atoms with Gasteiger partial charge < -0.3 is 5.11 Å². The Bertz CT molecular complexity index is 161. The Kier molecular flexibility index (Phi) is 8.22. The van der Waals surface area contributed by atoms with Gasteiger partial charge in [0.25, 0.3) is 0 Å². The zero-order valence-corrected chi connectivity index (χ0v) is 6.76. The standard InChI is InChI=1S/C7H8O.C2H6.CH4/c1-6-4-2-3-5-7(6)8;1-2;/h2-5,8H,1H3;1-2H3;1H4. The molecule has 0 aliphatic rings. The van der Waals surface area contributed by atoms with Crippen molar-refractivity contribution in [1.29, 1.82) is 0 Å². The van der Waals surface area contributed by atoms with E-state index in [0.29, 0.717) is 5.75 Å². The van der Waals surface area contributed by atoms with E-state index >= 15 is 0 Å². The molecule has 11 heavy (non-hydrogen) atoms. The largest absolute Gasteiger partial charge is 0.508 e. The van der Waals surface area contributed by atoms with E-state index in [2.05, 4.69) is 0 Å². The van der Waals surface area contributed by atoms with Crippen molar-refractivity contribution in [3.05, 3.63) is 29.8 Å². The number of benzene rings is 1. The maximum absolute atomic E-state index is 8.92. The van der Waals surface area contributed by atoms with Gasteiger partial charge in [0.15, 0.2) is 0 Å². The first-order valence-corrected chi connectivity index (χ1v) is 3.55. The number of aryl methyl sites for hydroxylation is 1. The van der Waals surface area contributed by atoms with Crippen LogP contribution < -0.4 is 0 Å². The van der Waals surface area contributed by atoms with Crippen molar-refractivity contribution in [2.75, 3.05) is 0 Å². The molecule has 0 bridgehead atoms. The van der Waals surface area contributed by atoms with Crippen molar-refractivity contribution >= 4 is 0 Å². The number of aromatic hydroxyl groups is 1. The van der Waals surface area contributed by atoms with Gasteiger partial charge in [0, 0.05) is 0 Å². The van der Waals surface area contributed by atoms with Crippen LogP contribution in [0.25, 0.3) is 0 Å². The van der Waals surface area contributed by atoms with Crippen molar-refractivity contribution in [3.63, 3.8) is 0 Å². The van der Waals surface area contributed by atoms with Crippen molar-refractivity contribution in [2.45, 2.75) is 28.2 Å². The zero-order chi connectivity index (χ0) is 7.98. The van der Waals surface area contributed by atoms with E-state index < -0.39 is 0 Å². The van der Waals surface area contributed by atoms with Gasteiger partial charge >= 0.3 is 0 Å². The summed E-state index contributed by atoms with van der Waals surface area (Å²) in [4.78, 5) is 0. The van der Waals surface area contributed by atoms with Crippen LogP contribution in [0.4, 0.5) is 0 Å². The predicted octanol–water partition coefficient (Wildman–Crippen LogP) is 3.36. The first kappa shape index (κ1) is 12.7. The van der Waals surface area contributed by atoms with E-state index in [0.717, 1.165) is 5.56 Å². The fourth-order valence-electron chi connectivity index (χ4n) is 0.563. The van der Waals surface area contributed by atoms with Crippen LogP contribution in [0.3, 0.4) is 0 Å². The van der Waals surface area contributed by atoms with Gasteiger partial charge in [0.2, 0.25) is 0 Å². The average molecular weight is 154 g/mol. The summed E-state index contributed by atoms with van der Waals surface area (Å²) in [6, 6.07) is 7.25. The third kappa shape index (κ3) is 4.43. The fraction of sp³-hybridized carbons (Fsp3) is 0.400. The van der Waals surface area contributed by atoms with E-state index in [9.17, 15) is 0 Å². The van der Waals surface area contributed by atoms with Gasteiger partial charge in [-0.3, -0.25) is 0 Å². The Morgan fingerprint density at radius 1 is 1.09 bits per heavy atom. The molecule has 0 atom stereocenters. The number of hydrogen-bond acceptors (Lipinski definition) is 1. The summed E-state index contributed by atoms with van der Waals surface area (Å²) < 4.78 is 0. The Morgan fingerprint density at radius 2 is 1.55 bits per heavy atom. The first-order valence-electron chi connectivity index (χ1n) is 3.55. The van der Waals surface area contributed by atoms with E-state index in [-0.39, 0.29) is 7.43 Å². The summed E-state index contributed by atoms with van der Waals surface area (Å²) in [6.45, 7) is 5.87. The first-order chi connectivity index (χ1) is 4.80. The lowest BCUT2D eigenvalue weighted by Crippen LogP contribution is -1.68. The molecule has 0 amide bonds. The smallest absolute Gasteiger partial charge is 0.118 e. The molecule has 0 aromatic heterocycles. The molecule has 1 aromatic rings. The zero-order valence-electron chi connectivity index (χ0n) is 6.76. The molecule has 0 unspecified atom stereocenters. The second kappa shape index (κ2) is 7.13. The topological polar surface area (TPSA) is 20.2 Å². The molecule has 0 saturated carbocycles. The summed E-state index contributed by atoms with van der Waals surface area (Å²) >= 11 is 0. The van der Waals surface area contributed by atoms with Gasteiger partial charge in [-0.2, -0.15) is 0 Å². The summed E-state index contributed by atoms with van der Waals surface area (Å²) in [5, 5.41) is 8.92. The van der Waals surface area contributed by atoms with Crippen LogP contribution in [0.5, 0.6) is 5.75 Å². The molecular formula is C10H18O. The highest BCUT2D eigenvalue weighted by Crippen LogP contribution is 2.12. The van der Waals surface area contributed by atoms with Crippen molar-refractivity contribution in [1.82, 2.24) is 0 Å². The highest BCUT2D eigenvalue weighted by atomic mass is 16.3. The maximum Gasteiger partial charge on any atom is 0.118 e. The summed E-state index contributed by atoms with van der Waals surface area (Å²) in [5.41, 5.74) is 0.924. The Labute approximate surface area is 69.7 Å². The lowest BCUT2D eigenvalue weighted by molar-refractivity contribution is 0.471. The molecule has 1 aromatic carbocycles. The summed E-state index contributed by atoms with van der Waals surface area (Å²) in [5.74, 6) is 0.368. The van der Waals surface area contributed by atoms with Crippen LogP contribution >= 0.6 is 0 Å². The fourth-order valence-corrected chi connectivity index (χ4v) is 0.563. The Morgan fingerprint density at radius 3 is 1.82 bits per heavy atom. The maximum atomic E-state index is 8.92. The van der Waals surface area contributed by atoms with Gasteiger partial charge in [-0.1, -0.05) is 39.5 Å². The van der Waals surface area contributed by atoms with E-state index in [1.165, 1.54) is 0 Å². The van der Waals surface area contributed by atoms with Crippen LogP contribution in [-0.4, -0.2) is 5.11 Å². The molecule has 0 radical (unpaired) electrons. The molecule has 0 saturated heterocycles. The van der Waals surface area contributed by atoms with Crippen LogP contribution in [0.1, 0.15) is 26.8 Å². The number of para-hydroxylation sites is 1. The molecule has 1 nitrogen and oxygen atoms in total. The lowest BCUT2D eigenvalue weighted by Gasteiger charge is -1.92. The van der Waals surface area contributed by atoms with Gasteiger partial charge in [0.05, 0.1) is 0 Å². The summed E-state index contributed by atoms with van der Waals surface area (Å²) in [7, 11) is 0. The molecule has 1 N–H and O–H groups in total. The number of phenols is 1. The van der Waals surface area contributed by atoms with E-state index in [4.69, 9.17) is 5.11 Å². The number of hydrogen-bond donors (Lipinski definition) is 1. The van der Waals surface area contributed by atoms with Crippen molar-refractivity contribution in [3.8, 4) is 5.75 Å². The predicted molar refractivity (Wildman–Crippen MR) is 50.9 cm³/mol. The summed E-state index contributed by atoms with van der Waals surface area (Å²) in [6.07, 6.45) is 0. The van der Waals surface area contributed by atoms with Gasteiger partial charge in [-0.05, 0) is 18.6 Å². The number of rotatable bonds is 0. The lowest BCUT2D eigenvalue weighted by atomic mass is 10.2. The monoisotopic (exact) mass is 154 g/mol. The van der Waals surface area contributed by atoms with Crippen LogP contribution in [0, 0.1) is 6.92 Å². The molecule has 0 fully saturated rings. The normalized spacial score (nSPS) is 7.18. The minimum Gasteiger partial charge on any atom is -0.508 e. The molecule has 0 spiro atoms. The molecular weight excluding hydrogens is 136 g/mol. The Hall–Kier alpha value is -0.980. The van der Waals surface area contributed by atoms with Crippen LogP contribution in [0.2, 0.25) is 0 Å². The Balaban J connectivity index is 0. The highest BCUT2D eigenvalue weighted by molar-refractivity contribution is 5.29. The average Bonchev–Trinajstić information content (AvgIpc) is 2.00. The van der Waals surface area contributed by atoms with E-state index in [1.54, 1.807) is 6.07 Å². The molecule has 1 heteroatoms.